The first-order chi connectivity index (χ1) is 8.02. The van der Waals surface area contributed by atoms with E-state index in [4.69, 9.17) is 0 Å². The zero-order valence-corrected chi connectivity index (χ0v) is 12.0. The van der Waals surface area contributed by atoms with Crippen LogP contribution in [-0.4, -0.2) is 35.1 Å². The fourth-order valence-corrected chi connectivity index (χ4v) is 2.91. The minimum absolute atomic E-state index is 0.248. The van der Waals surface area contributed by atoms with Gasteiger partial charge in [0, 0.05) is 6.54 Å². The molecule has 0 aromatic carbocycles. The molecule has 0 fully saturated rings. The second kappa shape index (κ2) is 6.80. The Bertz CT molecular complexity index is 368. The highest BCUT2D eigenvalue weighted by molar-refractivity contribution is 8.02. The van der Waals surface area contributed by atoms with Crippen LogP contribution < -0.4 is 5.32 Å². The van der Waals surface area contributed by atoms with E-state index in [2.05, 4.69) is 34.1 Å². The smallest absolute Gasteiger partial charge is 0.318 e. The van der Waals surface area contributed by atoms with E-state index >= 15 is 0 Å². The number of hydrogen-bond donors (Lipinski definition) is 1. The molecule has 1 aromatic rings. The van der Waals surface area contributed by atoms with Gasteiger partial charge in [-0.05, 0) is 12.8 Å². The van der Waals surface area contributed by atoms with Gasteiger partial charge in [-0.3, -0.25) is 4.79 Å². The monoisotopic (exact) mass is 275 g/mol. The molecule has 1 atom stereocenters. The number of carbonyl (C=O) groups is 1. The number of thioether (sulfide) groups is 1. The molecule has 17 heavy (non-hydrogen) atoms. The summed E-state index contributed by atoms with van der Waals surface area (Å²) < 4.78 is 5.42. The van der Waals surface area contributed by atoms with Gasteiger partial charge >= 0.3 is 5.97 Å². The number of rotatable bonds is 6. The standard InChI is InChI=1S/C10H17N3O2S2/c1-6(2)5-11-9-12-13-10(17-9)16-7(3)8(14)15-4/h6-7H,5H2,1-4H3,(H,11,12)/t7-/m0/s1. The largest absolute Gasteiger partial charge is 0.468 e. The molecule has 0 amide bonds. The van der Waals surface area contributed by atoms with Gasteiger partial charge in [0.2, 0.25) is 5.13 Å². The number of nitrogens with zero attached hydrogens (tertiary/aromatic N) is 2. The van der Waals surface area contributed by atoms with Gasteiger partial charge < -0.3 is 10.1 Å². The number of esters is 1. The molecule has 0 spiro atoms. The van der Waals surface area contributed by atoms with Gasteiger partial charge in [0.15, 0.2) is 4.34 Å². The third-order valence-electron chi connectivity index (χ3n) is 1.88. The number of methoxy groups -OCH3 is 1. The number of anilines is 1. The lowest BCUT2D eigenvalue weighted by Crippen LogP contribution is -2.14. The van der Waals surface area contributed by atoms with Crippen LogP contribution in [-0.2, 0) is 9.53 Å². The minimum Gasteiger partial charge on any atom is -0.468 e. The average Bonchev–Trinajstić information content (AvgIpc) is 2.73. The van der Waals surface area contributed by atoms with Crippen LogP contribution in [0.4, 0.5) is 5.13 Å². The summed E-state index contributed by atoms with van der Waals surface area (Å²) in [5.41, 5.74) is 0. The molecule has 1 heterocycles. The van der Waals surface area contributed by atoms with E-state index in [-0.39, 0.29) is 11.2 Å². The second-order valence-electron chi connectivity index (χ2n) is 3.93. The number of carbonyl (C=O) groups excluding carboxylic acids is 1. The van der Waals surface area contributed by atoms with Crippen molar-refractivity contribution >= 4 is 34.2 Å². The van der Waals surface area contributed by atoms with E-state index in [0.29, 0.717) is 5.92 Å². The molecule has 0 aliphatic rings. The maximum absolute atomic E-state index is 11.2. The number of aromatic nitrogens is 2. The van der Waals surface area contributed by atoms with Crippen molar-refractivity contribution in [1.29, 1.82) is 0 Å². The average molecular weight is 275 g/mol. The molecule has 0 aliphatic carbocycles. The van der Waals surface area contributed by atoms with Gasteiger partial charge in [-0.15, -0.1) is 10.2 Å². The predicted octanol–water partition coefficient (Wildman–Crippen LogP) is 2.26. The first-order valence-electron chi connectivity index (χ1n) is 5.34. The molecule has 0 saturated heterocycles. The molecule has 1 N–H and O–H groups in total. The molecular formula is C10H17N3O2S2. The van der Waals surface area contributed by atoms with E-state index < -0.39 is 0 Å². The zero-order chi connectivity index (χ0) is 12.8. The third kappa shape index (κ3) is 4.91. The minimum atomic E-state index is -0.258. The van der Waals surface area contributed by atoms with Crippen molar-refractivity contribution in [3.8, 4) is 0 Å². The summed E-state index contributed by atoms with van der Waals surface area (Å²) >= 11 is 2.81. The van der Waals surface area contributed by atoms with Crippen LogP contribution >= 0.6 is 23.1 Å². The molecule has 0 radical (unpaired) electrons. The highest BCUT2D eigenvalue weighted by atomic mass is 32.2. The Morgan fingerprint density at radius 3 is 2.76 bits per heavy atom. The number of hydrogen-bond acceptors (Lipinski definition) is 7. The van der Waals surface area contributed by atoms with Gasteiger partial charge in [-0.1, -0.05) is 36.9 Å². The Hall–Kier alpha value is -0.820. The highest BCUT2D eigenvalue weighted by Gasteiger charge is 2.17. The lowest BCUT2D eigenvalue weighted by molar-refractivity contribution is -0.139. The van der Waals surface area contributed by atoms with E-state index in [0.717, 1.165) is 16.0 Å². The second-order valence-corrected chi connectivity index (χ2v) is 6.50. The maximum Gasteiger partial charge on any atom is 0.318 e. The van der Waals surface area contributed by atoms with Crippen LogP contribution in [0, 0.1) is 5.92 Å². The summed E-state index contributed by atoms with van der Waals surface area (Å²) in [5, 5.41) is 11.8. The van der Waals surface area contributed by atoms with E-state index in [1.807, 2.05) is 0 Å². The zero-order valence-electron chi connectivity index (χ0n) is 10.4. The van der Waals surface area contributed by atoms with Crippen molar-refractivity contribution in [3.63, 3.8) is 0 Å². The van der Waals surface area contributed by atoms with Gasteiger partial charge in [0.25, 0.3) is 0 Å². The van der Waals surface area contributed by atoms with Gasteiger partial charge in [-0.25, -0.2) is 0 Å². The number of nitrogens with one attached hydrogen (secondary N) is 1. The molecule has 5 nitrogen and oxygen atoms in total. The Balaban J connectivity index is 2.48. The summed E-state index contributed by atoms with van der Waals surface area (Å²) in [6.07, 6.45) is 0. The van der Waals surface area contributed by atoms with Crippen molar-refractivity contribution in [2.45, 2.75) is 30.4 Å². The van der Waals surface area contributed by atoms with E-state index in [9.17, 15) is 4.79 Å². The summed E-state index contributed by atoms with van der Waals surface area (Å²) in [6.45, 7) is 6.91. The molecule has 96 valence electrons. The van der Waals surface area contributed by atoms with Crippen LogP contribution in [0.25, 0.3) is 0 Å². The van der Waals surface area contributed by atoms with Crippen molar-refractivity contribution < 1.29 is 9.53 Å². The molecule has 0 saturated carbocycles. The van der Waals surface area contributed by atoms with Crippen LogP contribution in [0.5, 0.6) is 0 Å². The Kier molecular flexibility index (Phi) is 5.70. The molecular weight excluding hydrogens is 258 g/mol. The van der Waals surface area contributed by atoms with Gasteiger partial charge in [-0.2, -0.15) is 0 Å². The first kappa shape index (κ1) is 14.2. The number of ether oxygens (including phenoxy) is 1. The lowest BCUT2D eigenvalue weighted by Gasteiger charge is -2.05. The van der Waals surface area contributed by atoms with Crippen LogP contribution in [0.3, 0.4) is 0 Å². The predicted molar refractivity (Wildman–Crippen MR) is 70.6 cm³/mol. The van der Waals surface area contributed by atoms with Crippen molar-refractivity contribution in [3.05, 3.63) is 0 Å². The van der Waals surface area contributed by atoms with Crippen molar-refractivity contribution in [1.82, 2.24) is 10.2 Å². The first-order valence-corrected chi connectivity index (χ1v) is 7.04. The molecule has 0 bridgehead atoms. The SMILES string of the molecule is COC(=O)[C@H](C)Sc1nnc(NCC(C)C)s1. The summed E-state index contributed by atoms with van der Waals surface area (Å²) in [6, 6.07) is 0. The fraction of sp³-hybridized carbons (Fsp3) is 0.700. The van der Waals surface area contributed by atoms with E-state index in [1.165, 1.54) is 30.2 Å². The van der Waals surface area contributed by atoms with Crippen molar-refractivity contribution in [2.75, 3.05) is 19.0 Å². The van der Waals surface area contributed by atoms with Crippen LogP contribution in [0.2, 0.25) is 0 Å². The van der Waals surface area contributed by atoms with E-state index in [1.54, 1.807) is 6.92 Å². The molecule has 1 rings (SSSR count). The highest BCUT2D eigenvalue weighted by Crippen LogP contribution is 2.29. The maximum atomic E-state index is 11.2. The molecule has 1 aromatic heterocycles. The molecule has 0 aliphatic heterocycles. The quantitative estimate of drug-likeness (QED) is 0.634. The van der Waals surface area contributed by atoms with Gasteiger partial charge in [0.1, 0.15) is 5.25 Å². The molecule has 7 heteroatoms. The normalized spacial score (nSPS) is 12.5. The summed E-state index contributed by atoms with van der Waals surface area (Å²) in [7, 11) is 1.38. The fourth-order valence-electron chi connectivity index (χ4n) is 0.986. The third-order valence-corrected chi connectivity index (χ3v) is 3.92. The molecule has 0 unspecified atom stereocenters. The Labute approximate surface area is 109 Å². The van der Waals surface area contributed by atoms with Crippen LogP contribution in [0.1, 0.15) is 20.8 Å². The topological polar surface area (TPSA) is 64.1 Å². The summed E-state index contributed by atoms with van der Waals surface area (Å²) in [4.78, 5) is 11.2. The van der Waals surface area contributed by atoms with Crippen molar-refractivity contribution in [2.24, 2.45) is 5.92 Å². The summed E-state index contributed by atoms with van der Waals surface area (Å²) in [5.74, 6) is 0.311. The van der Waals surface area contributed by atoms with Gasteiger partial charge in [0.05, 0.1) is 7.11 Å². The van der Waals surface area contributed by atoms with Crippen LogP contribution in [0.15, 0.2) is 4.34 Å². The lowest BCUT2D eigenvalue weighted by atomic mass is 10.2. The Morgan fingerprint density at radius 1 is 1.47 bits per heavy atom. The Morgan fingerprint density at radius 2 is 2.18 bits per heavy atom.